The van der Waals surface area contributed by atoms with E-state index in [1.807, 2.05) is 18.2 Å². The minimum atomic E-state index is -0.550. The average molecular weight is 506 g/mol. The lowest BCUT2D eigenvalue weighted by Gasteiger charge is -2.11. The van der Waals surface area contributed by atoms with E-state index in [1.54, 1.807) is 18.2 Å². The number of anilines is 1. The van der Waals surface area contributed by atoms with Crippen LogP contribution in [0.3, 0.4) is 0 Å². The van der Waals surface area contributed by atoms with Gasteiger partial charge in [0.1, 0.15) is 17.3 Å². The Kier molecular flexibility index (Phi) is 6.75. The largest absolute Gasteiger partial charge is 0.379 e. The lowest BCUT2D eigenvalue weighted by molar-refractivity contribution is 0.0923. The molecule has 1 aliphatic heterocycles. The summed E-state index contributed by atoms with van der Waals surface area (Å²) in [5.74, 6) is -1.17. The van der Waals surface area contributed by atoms with Crippen molar-refractivity contribution in [1.29, 1.82) is 0 Å². The first-order valence-electron chi connectivity index (χ1n) is 11.3. The molecule has 182 valence electrons. The second kappa shape index (κ2) is 10.3. The molecule has 2 N–H and O–H groups in total. The summed E-state index contributed by atoms with van der Waals surface area (Å²) in [6.45, 7) is 1.04. The number of hydrogen-bond acceptors (Lipinski definition) is 5. The third-order valence-corrected chi connectivity index (χ3v) is 6.02. The number of aromatic nitrogens is 3. The third-order valence-electron chi connectivity index (χ3n) is 5.69. The van der Waals surface area contributed by atoms with Gasteiger partial charge < -0.3 is 15.4 Å². The van der Waals surface area contributed by atoms with E-state index in [9.17, 15) is 14.0 Å². The number of nitrogens with one attached hydrogen (secondary N) is 2. The number of benzene rings is 2. The Hall–Kier alpha value is -4.08. The number of hydrogen-bond donors (Lipinski definition) is 2. The van der Waals surface area contributed by atoms with E-state index in [0.717, 1.165) is 6.42 Å². The zero-order chi connectivity index (χ0) is 25.1. The quantitative estimate of drug-likeness (QED) is 0.402. The van der Waals surface area contributed by atoms with Crippen molar-refractivity contribution in [3.63, 3.8) is 0 Å². The Morgan fingerprint density at radius 3 is 2.64 bits per heavy atom. The van der Waals surface area contributed by atoms with Crippen LogP contribution in [0, 0.1) is 5.82 Å². The van der Waals surface area contributed by atoms with Crippen molar-refractivity contribution in [2.24, 2.45) is 0 Å². The normalized spacial score (nSPS) is 15.0. The standard InChI is InChI=1S/C26H21ClFN5O3/c27-20-9-8-16(24-21(28)7-4-11-29-24)13-19(20)25(34)31-23-14-22(26(35)30-17-10-12-36-15-17)32-33(23)18-5-2-1-3-6-18/h1-9,11,13-14,17H,10,12,15H2,(H,30,35)(H,31,34). The van der Waals surface area contributed by atoms with Gasteiger partial charge in [-0.15, -0.1) is 0 Å². The summed E-state index contributed by atoms with van der Waals surface area (Å²) in [5, 5.41) is 10.3. The topological polar surface area (TPSA) is 98.1 Å². The van der Waals surface area contributed by atoms with Gasteiger partial charge in [-0.1, -0.05) is 35.9 Å². The summed E-state index contributed by atoms with van der Waals surface area (Å²) < 4.78 is 21.0. The molecule has 0 bridgehead atoms. The molecule has 2 aromatic carbocycles. The maximum atomic E-state index is 14.3. The molecule has 1 atom stereocenters. The molecule has 5 rings (SSSR count). The Balaban J connectivity index is 1.46. The zero-order valence-corrected chi connectivity index (χ0v) is 19.7. The maximum Gasteiger partial charge on any atom is 0.272 e. The summed E-state index contributed by atoms with van der Waals surface area (Å²) in [4.78, 5) is 30.2. The minimum Gasteiger partial charge on any atom is -0.379 e. The van der Waals surface area contributed by atoms with Crippen LogP contribution >= 0.6 is 11.6 Å². The fourth-order valence-electron chi connectivity index (χ4n) is 3.88. The first-order chi connectivity index (χ1) is 17.5. The summed E-state index contributed by atoms with van der Waals surface area (Å²) in [6, 6.07) is 17.8. The van der Waals surface area contributed by atoms with Gasteiger partial charge in [0.25, 0.3) is 11.8 Å². The Morgan fingerprint density at radius 1 is 1.06 bits per heavy atom. The van der Waals surface area contributed by atoms with Crippen molar-refractivity contribution < 1.29 is 18.7 Å². The number of carbonyl (C=O) groups is 2. The van der Waals surface area contributed by atoms with Crippen molar-refractivity contribution in [3.05, 3.63) is 95.0 Å². The van der Waals surface area contributed by atoms with Crippen molar-refractivity contribution in [3.8, 4) is 16.9 Å². The first kappa shape index (κ1) is 23.7. The third kappa shape index (κ3) is 4.98. The SMILES string of the molecule is O=C(NC1CCOC1)c1cc(NC(=O)c2cc(-c3ncccc3F)ccc2Cl)n(-c2ccccc2)n1. The number of amides is 2. The number of halogens is 2. The fraction of sp³-hybridized carbons (Fsp3) is 0.154. The molecule has 10 heteroatoms. The highest BCUT2D eigenvalue weighted by Crippen LogP contribution is 2.27. The molecule has 3 heterocycles. The van der Waals surface area contributed by atoms with Crippen LogP contribution in [0.2, 0.25) is 5.02 Å². The van der Waals surface area contributed by atoms with E-state index in [2.05, 4.69) is 20.7 Å². The van der Waals surface area contributed by atoms with E-state index >= 15 is 0 Å². The molecule has 36 heavy (non-hydrogen) atoms. The van der Waals surface area contributed by atoms with Gasteiger partial charge in [-0.3, -0.25) is 14.6 Å². The molecular weight excluding hydrogens is 485 g/mol. The Bertz CT molecular complexity index is 1420. The first-order valence-corrected chi connectivity index (χ1v) is 11.6. The van der Waals surface area contributed by atoms with Crippen molar-refractivity contribution in [2.75, 3.05) is 18.5 Å². The fourth-order valence-corrected chi connectivity index (χ4v) is 4.09. The monoisotopic (exact) mass is 505 g/mol. The van der Waals surface area contributed by atoms with Gasteiger partial charge in [-0.2, -0.15) is 5.10 Å². The highest BCUT2D eigenvalue weighted by Gasteiger charge is 2.23. The van der Waals surface area contributed by atoms with Crippen LogP contribution in [-0.2, 0) is 4.74 Å². The van der Waals surface area contributed by atoms with E-state index < -0.39 is 11.7 Å². The van der Waals surface area contributed by atoms with Crippen LogP contribution in [-0.4, -0.2) is 45.8 Å². The van der Waals surface area contributed by atoms with Gasteiger partial charge in [0, 0.05) is 24.4 Å². The highest BCUT2D eigenvalue weighted by molar-refractivity contribution is 6.34. The number of nitrogens with zero attached hydrogens (tertiary/aromatic N) is 3. The van der Waals surface area contributed by atoms with E-state index in [1.165, 1.54) is 41.2 Å². The molecule has 0 spiro atoms. The predicted octanol–water partition coefficient (Wildman–Crippen LogP) is 4.50. The Morgan fingerprint density at radius 2 is 1.89 bits per heavy atom. The molecule has 1 fully saturated rings. The number of pyridine rings is 1. The molecule has 0 saturated carbocycles. The Labute approximate surface area is 211 Å². The van der Waals surface area contributed by atoms with Crippen LogP contribution in [0.4, 0.5) is 10.2 Å². The molecule has 1 aliphatic rings. The van der Waals surface area contributed by atoms with Gasteiger partial charge in [0.15, 0.2) is 5.69 Å². The maximum absolute atomic E-state index is 14.3. The molecule has 4 aromatic rings. The molecule has 1 saturated heterocycles. The van der Waals surface area contributed by atoms with Crippen LogP contribution in [0.5, 0.6) is 0 Å². The van der Waals surface area contributed by atoms with Crippen LogP contribution in [0.25, 0.3) is 16.9 Å². The van der Waals surface area contributed by atoms with Gasteiger partial charge in [0.2, 0.25) is 0 Å². The molecule has 0 aliphatic carbocycles. The van der Waals surface area contributed by atoms with E-state index in [0.29, 0.717) is 24.5 Å². The second-order valence-electron chi connectivity index (χ2n) is 8.18. The molecule has 2 amide bonds. The number of para-hydroxylation sites is 1. The predicted molar refractivity (Wildman–Crippen MR) is 133 cm³/mol. The molecular formula is C26H21ClFN5O3. The molecule has 2 aromatic heterocycles. The van der Waals surface area contributed by atoms with Crippen LogP contribution < -0.4 is 10.6 Å². The van der Waals surface area contributed by atoms with Gasteiger partial charge in [-0.05, 0) is 42.8 Å². The van der Waals surface area contributed by atoms with Crippen LogP contribution in [0.1, 0.15) is 27.3 Å². The van der Waals surface area contributed by atoms with E-state index in [4.69, 9.17) is 16.3 Å². The van der Waals surface area contributed by atoms with Crippen LogP contribution in [0.15, 0.2) is 72.9 Å². The average Bonchev–Trinajstić information content (AvgIpc) is 3.55. The summed E-state index contributed by atoms with van der Waals surface area (Å²) in [7, 11) is 0. The summed E-state index contributed by atoms with van der Waals surface area (Å²) in [6.07, 6.45) is 2.19. The smallest absolute Gasteiger partial charge is 0.272 e. The highest BCUT2D eigenvalue weighted by atomic mass is 35.5. The van der Waals surface area contributed by atoms with Gasteiger partial charge in [-0.25, -0.2) is 9.07 Å². The van der Waals surface area contributed by atoms with Gasteiger partial charge >= 0.3 is 0 Å². The number of rotatable bonds is 6. The lowest BCUT2D eigenvalue weighted by atomic mass is 10.1. The van der Waals surface area contributed by atoms with Crippen molar-refractivity contribution in [2.45, 2.75) is 12.5 Å². The molecule has 8 nitrogen and oxygen atoms in total. The van der Waals surface area contributed by atoms with E-state index in [-0.39, 0.29) is 39.7 Å². The zero-order valence-electron chi connectivity index (χ0n) is 18.9. The summed E-state index contributed by atoms with van der Waals surface area (Å²) >= 11 is 6.32. The summed E-state index contributed by atoms with van der Waals surface area (Å²) in [5.41, 5.74) is 1.41. The minimum absolute atomic E-state index is 0.0917. The molecule has 0 radical (unpaired) electrons. The lowest BCUT2D eigenvalue weighted by Crippen LogP contribution is -2.35. The van der Waals surface area contributed by atoms with Crippen molar-refractivity contribution in [1.82, 2.24) is 20.1 Å². The second-order valence-corrected chi connectivity index (χ2v) is 8.59. The number of ether oxygens (including phenoxy) is 1. The number of carbonyl (C=O) groups excluding carboxylic acids is 2. The molecule has 1 unspecified atom stereocenters. The van der Waals surface area contributed by atoms with Gasteiger partial charge in [0.05, 0.1) is 28.9 Å². The van der Waals surface area contributed by atoms with Crippen molar-refractivity contribution >= 4 is 29.2 Å².